The molecule has 0 unspecified atom stereocenters. The SMILES string of the molecule is Cc1cccc2c(N3CCNCC3)c(Cl)cnc12. The Hall–Kier alpha value is -1.32. The second-order valence-electron chi connectivity index (χ2n) is 4.66. The predicted molar refractivity (Wildman–Crippen MR) is 76.6 cm³/mol. The van der Waals surface area contributed by atoms with Crippen LogP contribution in [0, 0.1) is 6.92 Å². The number of nitrogens with one attached hydrogen (secondary N) is 1. The number of rotatable bonds is 1. The lowest BCUT2D eigenvalue weighted by atomic mass is 10.1. The summed E-state index contributed by atoms with van der Waals surface area (Å²) in [4.78, 5) is 6.81. The van der Waals surface area contributed by atoms with E-state index in [0.29, 0.717) is 0 Å². The van der Waals surface area contributed by atoms with Crippen LogP contribution in [0.3, 0.4) is 0 Å². The molecule has 0 aliphatic carbocycles. The van der Waals surface area contributed by atoms with E-state index in [2.05, 4.69) is 40.3 Å². The largest absolute Gasteiger partial charge is 0.367 e. The van der Waals surface area contributed by atoms with Crippen LogP contribution in [0.4, 0.5) is 5.69 Å². The number of para-hydroxylation sites is 1. The zero-order valence-corrected chi connectivity index (χ0v) is 11.2. The van der Waals surface area contributed by atoms with Gasteiger partial charge in [-0.05, 0) is 12.5 Å². The third-order valence-corrected chi connectivity index (χ3v) is 3.74. The number of benzene rings is 1. The fourth-order valence-electron chi connectivity index (χ4n) is 2.54. The summed E-state index contributed by atoms with van der Waals surface area (Å²) < 4.78 is 0. The number of anilines is 1. The van der Waals surface area contributed by atoms with E-state index in [1.54, 1.807) is 6.20 Å². The van der Waals surface area contributed by atoms with Gasteiger partial charge in [-0.1, -0.05) is 29.8 Å². The molecule has 1 aliphatic heterocycles. The van der Waals surface area contributed by atoms with Crippen molar-refractivity contribution in [2.24, 2.45) is 0 Å². The van der Waals surface area contributed by atoms with E-state index in [1.807, 2.05) is 0 Å². The molecule has 1 N–H and O–H groups in total. The average molecular weight is 262 g/mol. The van der Waals surface area contributed by atoms with E-state index in [1.165, 1.54) is 5.56 Å². The molecule has 0 saturated carbocycles. The zero-order valence-electron chi connectivity index (χ0n) is 10.4. The molecule has 18 heavy (non-hydrogen) atoms. The standard InChI is InChI=1S/C14H16ClN3/c1-10-3-2-4-11-13(10)17-9-12(15)14(11)18-7-5-16-6-8-18/h2-4,9,16H,5-8H2,1H3. The molecule has 0 bridgehead atoms. The molecule has 0 spiro atoms. The average Bonchev–Trinajstić information content (AvgIpc) is 2.40. The third kappa shape index (κ3) is 1.93. The molecular weight excluding hydrogens is 246 g/mol. The van der Waals surface area contributed by atoms with Gasteiger partial charge in [0.05, 0.1) is 16.2 Å². The van der Waals surface area contributed by atoms with Gasteiger partial charge in [-0.15, -0.1) is 0 Å². The molecule has 94 valence electrons. The Kier molecular flexibility index (Phi) is 3.10. The monoisotopic (exact) mass is 261 g/mol. The molecule has 1 saturated heterocycles. The molecule has 3 rings (SSSR count). The van der Waals surface area contributed by atoms with Gasteiger partial charge in [-0.2, -0.15) is 0 Å². The van der Waals surface area contributed by atoms with Crippen LogP contribution in [0.1, 0.15) is 5.56 Å². The van der Waals surface area contributed by atoms with Gasteiger partial charge in [0.15, 0.2) is 0 Å². The van der Waals surface area contributed by atoms with Crippen molar-refractivity contribution in [3.63, 3.8) is 0 Å². The van der Waals surface area contributed by atoms with Crippen LogP contribution in [-0.4, -0.2) is 31.2 Å². The summed E-state index contributed by atoms with van der Waals surface area (Å²) >= 11 is 6.36. The molecule has 0 atom stereocenters. The minimum absolute atomic E-state index is 0.745. The Morgan fingerprint density at radius 2 is 2.06 bits per heavy atom. The summed E-state index contributed by atoms with van der Waals surface area (Å²) in [6.07, 6.45) is 1.77. The molecule has 3 nitrogen and oxygen atoms in total. The lowest BCUT2D eigenvalue weighted by molar-refractivity contribution is 0.590. The smallest absolute Gasteiger partial charge is 0.0829 e. The highest BCUT2D eigenvalue weighted by Crippen LogP contribution is 2.34. The van der Waals surface area contributed by atoms with Gasteiger partial charge in [0, 0.05) is 37.8 Å². The first-order chi connectivity index (χ1) is 8.77. The van der Waals surface area contributed by atoms with Crippen LogP contribution in [-0.2, 0) is 0 Å². The molecule has 4 heteroatoms. The number of piperazine rings is 1. The molecule has 1 aromatic heterocycles. The second kappa shape index (κ2) is 4.75. The van der Waals surface area contributed by atoms with Crippen LogP contribution in [0.2, 0.25) is 5.02 Å². The van der Waals surface area contributed by atoms with Crippen molar-refractivity contribution in [2.45, 2.75) is 6.92 Å². The fourth-order valence-corrected chi connectivity index (χ4v) is 2.81. The van der Waals surface area contributed by atoms with Crippen molar-refractivity contribution in [1.29, 1.82) is 0 Å². The number of halogens is 1. The molecule has 0 radical (unpaired) electrons. The quantitative estimate of drug-likeness (QED) is 0.855. The summed E-state index contributed by atoms with van der Waals surface area (Å²) in [6.45, 7) is 6.09. The Labute approximate surface area is 112 Å². The first-order valence-corrected chi connectivity index (χ1v) is 6.64. The Bertz CT molecular complexity index is 577. The Morgan fingerprint density at radius 1 is 1.28 bits per heavy atom. The first-order valence-electron chi connectivity index (χ1n) is 6.27. The van der Waals surface area contributed by atoms with Gasteiger partial charge >= 0.3 is 0 Å². The van der Waals surface area contributed by atoms with Crippen molar-refractivity contribution in [3.05, 3.63) is 35.0 Å². The van der Waals surface area contributed by atoms with Gasteiger partial charge in [-0.25, -0.2) is 0 Å². The molecule has 2 aromatic rings. The van der Waals surface area contributed by atoms with Gasteiger partial charge < -0.3 is 10.2 Å². The number of pyridine rings is 1. The van der Waals surface area contributed by atoms with Gasteiger partial charge in [-0.3, -0.25) is 4.98 Å². The van der Waals surface area contributed by atoms with Crippen molar-refractivity contribution in [1.82, 2.24) is 10.3 Å². The van der Waals surface area contributed by atoms with Gasteiger partial charge in [0.1, 0.15) is 0 Å². The Balaban J connectivity index is 2.19. The minimum Gasteiger partial charge on any atom is -0.367 e. The van der Waals surface area contributed by atoms with E-state index >= 15 is 0 Å². The maximum absolute atomic E-state index is 6.36. The summed E-state index contributed by atoms with van der Waals surface area (Å²) in [5, 5.41) is 5.27. The number of nitrogens with zero attached hydrogens (tertiary/aromatic N) is 2. The number of hydrogen-bond donors (Lipinski definition) is 1. The van der Waals surface area contributed by atoms with Crippen LogP contribution < -0.4 is 10.2 Å². The number of hydrogen-bond acceptors (Lipinski definition) is 3. The highest BCUT2D eigenvalue weighted by atomic mass is 35.5. The molecular formula is C14H16ClN3. The highest BCUT2D eigenvalue weighted by molar-refractivity contribution is 6.34. The van der Waals surface area contributed by atoms with Crippen molar-refractivity contribution >= 4 is 28.2 Å². The lowest BCUT2D eigenvalue weighted by Gasteiger charge is -2.31. The molecule has 2 heterocycles. The second-order valence-corrected chi connectivity index (χ2v) is 5.07. The summed E-state index contributed by atoms with van der Waals surface area (Å²) in [5.41, 5.74) is 3.38. The van der Waals surface area contributed by atoms with Crippen LogP contribution >= 0.6 is 11.6 Å². The maximum Gasteiger partial charge on any atom is 0.0829 e. The normalized spacial score (nSPS) is 16.2. The maximum atomic E-state index is 6.36. The van der Waals surface area contributed by atoms with Crippen molar-refractivity contribution < 1.29 is 0 Å². The lowest BCUT2D eigenvalue weighted by Crippen LogP contribution is -2.43. The minimum atomic E-state index is 0.745. The zero-order chi connectivity index (χ0) is 12.5. The third-order valence-electron chi connectivity index (χ3n) is 3.46. The van der Waals surface area contributed by atoms with E-state index in [9.17, 15) is 0 Å². The number of fused-ring (bicyclic) bond motifs is 1. The van der Waals surface area contributed by atoms with E-state index in [0.717, 1.165) is 47.8 Å². The molecule has 1 aliphatic rings. The summed E-state index contributed by atoms with van der Waals surface area (Å²) in [6, 6.07) is 6.27. The fraction of sp³-hybridized carbons (Fsp3) is 0.357. The molecule has 1 aromatic carbocycles. The summed E-state index contributed by atoms with van der Waals surface area (Å²) in [5.74, 6) is 0. The van der Waals surface area contributed by atoms with Crippen molar-refractivity contribution in [3.8, 4) is 0 Å². The van der Waals surface area contributed by atoms with Gasteiger partial charge in [0.2, 0.25) is 0 Å². The highest BCUT2D eigenvalue weighted by Gasteiger charge is 2.17. The Morgan fingerprint density at radius 3 is 2.83 bits per heavy atom. The van der Waals surface area contributed by atoms with Crippen LogP contribution in [0.25, 0.3) is 10.9 Å². The predicted octanol–water partition coefficient (Wildman–Crippen LogP) is 2.61. The van der Waals surface area contributed by atoms with Crippen LogP contribution in [0.15, 0.2) is 24.4 Å². The topological polar surface area (TPSA) is 28.2 Å². The van der Waals surface area contributed by atoms with Crippen LogP contribution in [0.5, 0.6) is 0 Å². The van der Waals surface area contributed by atoms with E-state index in [-0.39, 0.29) is 0 Å². The van der Waals surface area contributed by atoms with Gasteiger partial charge in [0.25, 0.3) is 0 Å². The summed E-state index contributed by atoms with van der Waals surface area (Å²) in [7, 11) is 0. The first kappa shape index (κ1) is 11.8. The van der Waals surface area contributed by atoms with E-state index in [4.69, 9.17) is 11.6 Å². The number of aromatic nitrogens is 1. The van der Waals surface area contributed by atoms with E-state index < -0.39 is 0 Å². The molecule has 0 amide bonds. The van der Waals surface area contributed by atoms with Crippen molar-refractivity contribution in [2.75, 3.05) is 31.1 Å². The number of aryl methyl sites for hydroxylation is 1. The molecule has 1 fully saturated rings.